The summed E-state index contributed by atoms with van der Waals surface area (Å²) in [6, 6.07) is 3.50. The largest absolute Gasteiger partial charge is 0.459 e. The number of fused-ring (bicyclic) bond motifs is 1. The van der Waals surface area contributed by atoms with Crippen molar-refractivity contribution in [2.45, 2.75) is 18.9 Å². The van der Waals surface area contributed by atoms with E-state index in [1.54, 1.807) is 17.0 Å². The molecule has 2 fully saturated rings. The summed E-state index contributed by atoms with van der Waals surface area (Å²) < 4.78 is 10.1. The molecule has 1 aromatic heterocycles. The number of carbonyl (C=O) groups excluding carboxylic acids is 2. The Labute approximate surface area is 123 Å². The average molecular weight is 292 g/mol. The fourth-order valence-electron chi connectivity index (χ4n) is 3.42. The van der Waals surface area contributed by atoms with Crippen molar-refractivity contribution in [2.75, 3.05) is 33.4 Å². The topological polar surface area (TPSA) is 63.0 Å². The smallest absolute Gasteiger partial charge is 0.289 e. The molecule has 2 saturated heterocycles. The van der Waals surface area contributed by atoms with Crippen LogP contribution in [0.5, 0.6) is 0 Å². The predicted octanol–water partition coefficient (Wildman–Crippen LogP) is 0.989. The van der Waals surface area contributed by atoms with E-state index in [0.29, 0.717) is 24.8 Å². The molecular weight excluding hydrogens is 272 g/mol. The summed E-state index contributed by atoms with van der Waals surface area (Å²) in [7, 11) is 1.53. The van der Waals surface area contributed by atoms with E-state index in [0.717, 1.165) is 19.4 Å². The van der Waals surface area contributed by atoms with Crippen LogP contribution in [0.4, 0.5) is 0 Å². The number of methoxy groups -OCH3 is 1. The van der Waals surface area contributed by atoms with Gasteiger partial charge in [-0.1, -0.05) is 0 Å². The molecule has 2 aliphatic rings. The van der Waals surface area contributed by atoms with Gasteiger partial charge in [-0.05, 0) is 30.9 Å². The van der Waals surface area contributed by atoms with E-state index in [1.807, 2.05) is 4.90 Å². The molecule has 2 atom stereocenters. The van der Waals surface area contributed by atoms with Crippen LogP contribution in [-0.2, 0) is 9.53 Å². The molecule has 1 aromatic rings. The maximum atomic E-state index is 12.4. The zero-order chi connectivity index (χ0) is 14.8. The van der Waals surface area contributed by atoms with E-state index >= 15 is 0 Å². The Bertz CT molecular complexity index is 514. The summed E-state index contributed by atoms with van der Waals surface area (Å²) in [4.78, 5) is 28.2. The van der Waals surface area contributed by atoms with Gasteiger partial charge in [0.1, 0.15) is 6.61 Å². The quantitative estimate of drug-likeness (QED) is 0.833. The Morgan fingerprint density at radius 3 is 3.00 bits per heavy atom. The first-order chi connectivity index (χ1) is 10.2. The van der Waals surface area contributed by atoms with Crippen molar-refractivity contribution in [3.05, 3.63) is 24.2 Å². The van der Waals surface area contributed by atoms with Crippen molar-refractivity contribution in [3.8, 4) is 0 Å². The van der Waals surface area contributed by atoms with Gasteiger partial charge < -0.3 is 19.0 Å². The minimum absolute atomic E-state index is 0.0134. The number of likely N-dealkylation sites (tertiary alicyclic amines) is 2. The van der Waals surface area contributed by atoms with Crippen molar-refractivity contribution >= 4 is 11.8 Å². The van der Waals surface area contributed by atoms with Gasteiger partial charge in [-0.15, -0.1) is 0 Å². The minimum atomic E-state index is -0.0893. The predicted molar refractivity (Wildman–Crippen MR) is 74.7 cm³/mol. The number of piperidine rings is 1. The van der Waals surface area contributed by atoms with E-state index in [2.05, 4.69) is 0 Å². The highest BCUT2D eigenvalue weighted by molar-refractivity contribution is 5.91. The molecule has 6 heteroatoms. The fourth-order valence-corrected chi connectivity index (χ4v) is 3.42. The second-order valence-corrected chi connectivity index (χ2v) is 5.68. The maximum Gasteiger partial charge on any atom is 0.289 e. The molecule has 21 heavy (non-hydrogen) atoms. The molecule has 0 spiro atoms. The van der Waals surface area contributed by atoms with E-state index in [4.69, 9.17) is 9.15 Å². The Balaban J connectivity index is 1.71. The van der Waals surface area contributed by atoms with E-state index in [1.165, 1.54) is 13.4 Å². The standard InChI is InChI=1S/C15H20N2O4/c1-20-10-14(18)17-6-2-4-11-8-16(9-12(11)17)15(19)13-5-3-7-21-13/h3,5,7,11-12H,2,4,6,8-10H2,1H3/t11-,12+/m1/s1. The molecule has 3 heterocycles. The molecule has 0 radical (unpaired) electrons. The van der Waals surface area contributed by atoms with Crippen LogP contribution in [0, 0.1) is 5.92 Å². The molecule has 0 bridgehead atoms. The van der Waals surface area contributed by atoms with Gasteiger partial charge in [0.15, 0.2) is 5.76 Å². The Morgan fingerprint density at radius 2 is 2.29 bits per heavy atom. The molecule has 0 N–H and O–H groups in total. The van der Waals surface area contributed by atoms with Crippen LogP contribution >= 0.6 is 0 Å². The minimum Gasteiger partial charge on any atom is -0.459 e. The second kappa shape index (κ2) is 5.89. The number of furan rings is 1. The molecule has 0 saturated carbocycles. The van der Waals surface area contributed by atoms with Crippen molar-refractivity contribution in [1.29, 1.82) is 0 Å². The molecule has 6 nitrogen and oxygen atoms in total. The highest BCUT2D eigenvalue weighted by Gasteiger charge is 2.42. The summed E-state index contributed by atoms with van der Waals surface area (Å²) >= 11 is 0. The summed E-state index contributed by atoms with van der Waals surface area (Å²) in [5.41, 5.74) is 0. The summed E-state index contributed by atoms with van der Waals surface area (Å²) in [5, 5.41) is 0. The molecule has 0 unspecified atom stereocenters. The Morgan fingerprint density at radius 1 is 1.43 bits per heavy atom. The van der Waals surface area contributed by atoms with Gasteiger partial charge in [0, 0.05) is 26.7 Å². The lowest BCUT2D eigenvalue weighted by atomic mass is 9.92. The summed E-state index contributed by atoms with van der Waals surface area (Å²) in [6.45, 7) is 2.14. The van der Waals surface area contributed by atoms with Crippen molar-refractivity contribution < 1.29 is 18.7 Å². The number of hydrogen-bond donors (Lipinski definition) is 0. The second-order valence-electron chi connectivity index (χ2n) is 5.68. The zero-order valence-electron chi connectivity index (χ0n) is 12.2. The molecular formula is C15H20N2O4. The number of nitrogens with zero attached hydrogens (tertiary/aromatic N) is 2. The molecule has 114 valence electrons. The first-order valence-electron chi connectivity index (χ1n) is 7.32. The van der Waals surface area contributed by atoms with Gasteiger partial charge in [-0.25, -0.2) is 0 Å². The average Bonchev–Trinajstić information content (AvgIpc) is 3.15. The van der Waals surface area contributed by atoms with E-state index < -0.39 is 0 Å². The van der Waals surface area contributed by atoms with Crippen LogP contribution in [0.2, 0.25) is 0 Å². The number of carbonyl (C=O) groups is 2. The molecule has 0 aromatic carbocycles. The Hall–Kier alpha value is -1.82. The van der Waals surface area contributed by atoms with Crippen LogP contribution in [0.1, 0.15) is 23.4 Å². The highest BCUT2D eigenvalue weighted by atomic mass is 16.5. The number of rotatable bonds is 3. The lowest BCUT2D eigenvalue weighted by Gasteiger charge is -2.36. The number of ether oxygens (including phenoxy) is 1. The fraction of sp³-hybridized carbons (Fsp3) is 0.600. The third kappa shape index (κ3) is 2.68. The van der Waals surface area contributed by atoms with Crippen molar-refractivity contribution in [2.24, 2.45) is 5.92 Å². The van der Waals surface area contributed by atoms with Gasteiger partial charge in [0.05, 0.1) is 12.3 Å². The molecule has 3 rings (SSSR count). The normalized spacial score (nSPS) is 25.0. The van der Waals surface area contributed by atoms with Gasteiger partial charge in [-0.2, -0.15) is 0 Å². The van der Waals surface area contributed by atoms with Crippen LogP contribution in [-0.4, -0.2) is 61.0 Å². The lowest BCUT2D eigenvalue weighted by molar-refractivity contribution is -0.139. The SMILES string of the molecule is COCC(=O)N1CCC[C@@H]2CN(C(=O)c3ccco3)C[C@@H]21. The first kappa shape index (κ1) is 14.1. The van der Waals surface area contributed by atoms with Gasteiger partial charge >= 0.3 is 0 Å². The molecule has 2 amide bonds. The number of amides is 2. The first-order valence-corrected chi connectivity index (χ1v) is 7.32. The van der Waals surface area contributed by atoms with Gasteiger partial charge in [0.25, 0.3) is 5.91 Å². The maximum absolute atomic E-state index is 12.4. The third-order valence-electron chi connectivity index (χ3n) is 4.39. The van der Waals surface area contributed by atoms with Gasteiger partial charge in [-0.3, -0.25) is 9.59 Å². The lowest BCUT2D eigenvalue weighted by Crippen LogP contribution is -2.49. The molecule has 2 aliphatic heterocycles. The van der Waals surface area contributed by atoms with E-state index in [9.17, 15) is 9.59 Å². The third-order valence-corrected chi connectivity index (χ3v) is 4.39. The van der Waals surface area contributed by atoms with Crippen LogP contribution in [0.25, 0.3) is 0 Å². The molecule has 0 aliphatic carbocycles. The van der Waals surface area contributed by atoms with Crippen LogP contribution in [0.15, 0.2) is 22.8 Å². The van der Waals surface area contributed by atoms with Gasteiger partial charge in [0.2, 0.25) is 5.91 Å². The summed E-state index contributed by atoms with van der Waals surface area (Å²) in [6.07, 6.45) is 3.55. The number of hydrogen-bond acceptors (Lipinski definition) is 4. The van der Waals surface area contributed by atoms with Crippen molar-refractivity contribution in [3.63, 3.8) is 0 Å². The summed E-state index contributed by atoms with van der Waals surface area (Å²) in [5.74, 6) is 0.648. The Kier molecular flexibility index (Phi) is 3.96. The monoisotopic (exact) mass is 292 g/mol. The van der Waals surface area contributed by atoms with Crippen LogP contribution < -0.4 is 0 Å². The van der Waals surface area contributed by atoms with Crippen molar-refractivity contribution in [1.82, 2.24) is 9.80 Å². The van der Waals surface area contributed by atoms with E-state index in [-0.39, 0.29) is 24.5 Å². The highest BCUT2D eigenvalue weighted by Crippen LogP contribution is 2.31. The van der Waals surface area contributed by atoms with Crippen LogP contribution in [0.3, 0.4) is 0 Å². The zero-order valence-corrected chi connectivity index (χ0v) is 12.2.